The quantitative estimate of drug-likeness (QED) is 0.239. The molecule has 0 unspecified atom stereocenters. The van der Waals surface area contributed by atoms with E-state index in [9.17, 15) is 19.2 Å². The first-order valence-corrected chi connectivity index (χ1v) is 17.3. The number of nitrogens with one attached hydrogen (secondary N) is 3. The molecule has 3 amide bonds. The van der Waals surface area contributed by atoms with Crippen LogP contribution in [0.5, 0.6) is 0 Å². The summed E-state index contributed by atoms with van der Waals surface area (Å²) in [4.78, 5) is 54.2. The second kappa shape index (κ2) is 15.9. The number of epoxide rings is 1. The number of benzene rings is 2. The number of amides is 3. The normalized spacial score (nSPS) is 26.5. The number of hydrogen-bond donors (Lipinski definition) is 4. The van der Waals surface area contributed by atoms with Crippen molar-refractivity contribution >= 4 is 35.3 Å². The summed E-state index contributed by atoms with van der Waals surface area (Å²) in [5.74, 6) is -2.15. The summed E-state index contributed by atoms with van der Waals surface area (Å²) in [7, 11) is 0. The summed E-state index contributed by atoms with van der Waals surface area (Å²) < 4.78 is 12.3. The zero-order chi connectivity index (χ0) is 36.1. The van der Waals surface area contributed by atoms with Crippen molar-refractivity contribution < 1.29 is 28.7 Å². The van der Waals surface area contributed by atoms with Gasteiger partial charge in [-0.3, -0.25) is 14.4 Å². The number of cyclic esters (lactones) is 1. The molecule has 0 radical (unpaired) electrons. The Labute approximate surface area is 294 Å². The maximum Gasteiger partial charge on any atom is 0.328 e. The van der Waals surface area contributed by atoms with Crippen molar-refractivity contribution in [2.45, 2.75) is 105 Å². The minimum atomic E-state index is -1.09. The van der Waals surface area contributed by atoms with Gasteiger partial charge in [-0.25, -0.2) is 4.79 Å². The van der Waals surface area contributed by atoms with Gasteiger partial charge in [0.1, 0.15) is 24.3 Å². The number of hydrogen-bond acceptors (Lipinski definition) is 7. The van der Waals surface area contributed by atoms with E-state index >= 15 is 0 Å². The molecule has 2 aliphatic rings. The highest BCUT2D eigenvalue weighted by atomic mass is 35.5. The van der Waals surface area contributed by atoms with Gasteiger partial charge >= 0.3 is 5.97 Å². The fourth-order valence-corrected chi connectivity index (χ4v) is 6.06. The Morgan fingerprint density at radius 2 is 1.67 bits per heavy atom. The fraction of sp³-hybridized carbons (Fsp3) is 0.526. The standard InChI is InChI=1S/C38H51ClN4O6/c1-22-11-12-25(17-27(22)39)18-28-34(45)41-21-38(6,7)36(47)43-29(19-37(3,4)5)35(46)48-30(9-8-10-31(44)42-28)23(2)32-33(49-32)26-15-13-24(20-40)14-16-26/h8,10-17,23,28-30,32-33H,9,18-21,40H2,1-7H3,(H,41,45)(H,42,44)(H,43,47)/b10-8+/t23-,28+,29-,30-,32+,33+/m0/s1. The minimum Gasteiger partial charge on any atom is -0.460 e. The molecule has 2 aromatic carbocycles. The first-order valence-electron chi connectivity index (χ1n) is 16.9. The highest BCUT2D eigenvalue weighted by Crippen LogP contribution is 2.45. The number of ether oxygens (including phenoxy) is 2. The van der Waals surface area contributed by atoms with Gasteiger partial charge in [-0.15, -0.1) is 0 Å². The van der Waals surface area contributed by atoms with Gasteiger partial charge < -0.3 is 31.2 Å². The number of carbonyl (C=O) groups excluding carboxylic acids is 4. The molecule has 2 heterocycles. The lowest BCUT2D eigenvalue weighted by atomic mass is 9.86. The lowest BCUT2D eigenvalue weighted by molar-refractivity contribution is -0.157. The van der Waals surface area contributed by atoms with Crippen molar-refractivity contribution in [1.29, 1.82) is 0 Å². The Morgan fingerprint density at radius 1 is 1.00 bits per heavy atom. The molecular formula is C38H51ClN4O6. The smallest absolute Gasteiger partial charge is 0.328 e. The molecule has 2 aromatic rings. The second-order valence-corrected chi connectivity index (χ2v) is 15.6. The lowest BCUT2D eigenvalue weighted by Crippen LogP contribution is -2.54. The number of rotatable bonds is 7. The summed E-state index contributed by atoms with van der Waals surface area (Å²) in [5.41, 5.74) is 8.04. The molecule has 0 spiro atoms. The van der Waals surface area contributed by atoms with Gasteiger partial charge in [-0.2, -0.15) is 0 Å². The number of halogens is 1. The molecule has 0 aromatic heterocycles. The topological polar surface area (TPSA) is 152 Å². The van der Waals surface area contributed by atoms with Crippen molar-refractivity contribution in [3.8, 4) is 0 Å². The van der Waals surface area contributed by atoms with Gasteiger partial charge in [0.15, 0.2) is 0 Å². The number of aryl methyl sites for hydroxylation is 1. The molecule has 0 bridgehead atoms. The van der Waals surface area contributed by atoms with Crippen LogP contribution in [0.3, 0.4) is 0 Å². The molecule has 0 aliphatic carbocycles. The highest BCUT2D eigenvalue weighted by Gasteiger charge is 2.48. The molecule has 4 rings (SSSR count). The van der Waals surface area contributed by atoms with E-state index in [0.717, 1.165) is 22.3 Å². The van der Waals surface area contributed by atoms with Crippen molar-refractivity contribution in [2.75, 3.05) is 6.54 Å². The van der Waals surface area contributed by atoms with E-state index in [1.165, 1.54) is 6.08 Å². The molecule has 6 atom stereocenters. The zero-order valence-electron chi connectivity index (χ0n) is 29.6. The Balaban J connectivity index is 1.62. The van der Waals surface area contributed by atoms with E-state index in [4.69, 9.17) is 26.8 Å². The zero-order valence-corrected chi connectivity index (χ0v) is 30.4. The Morgan fingerprint density at radius 3 is 2.31 bits per heavy atom. The van der Waals surface area contributed by atoms with Crippen LogP contribution in [-0.2, 0) is 41.6 Å². The van der Waals surface area contributed by atoms with Gasteiger partial charge in [-0.05, 0) is 67.0 Å². The SMILES string of the molecule is Cc1ccc(C[C@H]2NC(=O)/C=C/C[C@@H]([C@H](C)[C@H]3O[C@@H]3c3ccc(CN)cc3)OC(=O)[C@H](CC(C)(C)C)NC(=O)C(C)(C)CNC2=O)cc1Cl. The third-order valence-corrected chi connectivity index (χ3v) is 9.52. The average Bonchev–Trinajstić information content (AvgIpc) is 3.84. The average molecular weight is 695 g/mol. The predicted molar refractivity (Wildman–Crippen MR) is 189 cm³/mol. The van der Waals surface area contributed by atoms with E-state index in [0.29, 0.717) is 18.0 Å². The van der Waals surface area contributed by atoms with Crippen LogP contribution < -0.4 is 21.7 Å². The van der Waals surface area contributed by atoms with Gasteiger partial charge in [0.05, 0.1) is 11.5 Å². The Hall–Kier alpha value is -3.73. The molecular weight excluding hydrogens is 644 g/mol. The summed E-state index contributed by atoms with van der Waals surface area (Å²) in [6, 6.07) is 11.5. The number of carbonyl (C=O) groups is 4. The summed E-state index contributed by atoms with van der Waals surface area (Å²) in [5, 5.41) is 9.12. The largest absolute Gasteiger partial charge is 0.460 e. The third-order valence-electron chi connectivity index (χ3n) is 9.11. The fourth-order valence-electron chi connectivity index (χ4n) is 5.86. The van der Waals surface area contributed by atoms with E-state index in [2.05, 4.69) is 16.0 Å². The van der Waals surface area contributed by atoms with E-state index in [-0.39, 0.29) is 42.9 Å². The lowest BCUT2D eigenvalue weighted by Gasteiger charge is -2.32. The molecule has 11 heteroatoms. The second-order valence-electron chi connectivity index (χ2n) is 15.2. The summed E-state index contributed by atoms with van der Waals surface area (Å²) >= 11 is 6.35. The number of nitrogens with two attached hydrogens (primary N) is 1. The van der Waals surface area contributed by atoms with Gasteiger partial charge in [-0.1, -0.05) is 81.8 Å². The first-order chi connectivity index (χ1) is 23.0. The van der Waals surface area contributed by atoms with Crippen LogP contribution in [0.1, 0.15) is 82.7 Å². The number of esters is 1. The summed E-state index contributed by atoms with van der Waals surface area (Å²) in [6.07, 6.45) is 2.67. The van der Waals surface area contributed by atoms with Crippen molar-refractivity contribution in [2.24, 2.45) is 22.5 Å². The molecule has 2 aliphatic heterocycles. The molecule has 266 valence electrons. The van der Waals surface area contributed by atoms with Crippen LogP contribution in [0.25, 0.3) is 0 Å². The van der Waals surface area contributed by atoms with Crippen molar-refractivity contribution in [3.05, 3.63) is 81.9 Å². The minimum absolute atomic E-state index is 0.0296. The highest BCUT2D eigenvalue weighted by molar-refractivity contribution is 6.31. The molecule has 1 fully saturated rings. The predicted octanol–water partition coefficient (Wildman–Crippen LogP) is 4.85. The van der Waals surface area contributed by atoms with Crippen LogP contribution in [-0.4, -0.2) is 54.5 Å². The van der Waals surface area contributed by atoms with Crippen molar-refractivity contribution in [3.63, 3.8) is 0 Å². The van der Waals surface area contributed by atoms with E-state index in [1.54, 1.807) is 26.0 Å². The molecule has 0 saturated carbocycles. The van der Waals surface area contributed by atoms with Gasteiger partial charge in [0.25, 0.3) is 0 Å². The molecule has 5 N–H and O–H groups in total. The third kappa shape index (κ3) is 10.6. The van der Waals surface area contributed by atoms with Crippen LogP contribution in [0.2, 0.25) is 5.02 Å². The van der Waals surface area contributed by atoms with E-state index in [1.807, 2.05) is 71.0 Å². The van der Waals surface area contributed by atoms with Crippen LogP contribution in [0, 0.1) is 23.7 Å². The Kier molecular flexibility index (Phi) is 12.3. The van der Waals surface area contributed by atoms with Crippen LogP contribution in [0.4, 0.5) is 0 Å². The monoisotopic (exact) mass is 694 g/mol. The Bertz CT molecular complexity index is 1550. The maximum absolute atomic E-state index is 13.8. The molecule has 49 heavy (non-hydrogen) atoms. The van der Waals surface area contributed by atoms with E-state index < -0.39 is 47.3 Å². The van der Waals surface area contributed by atoms with Crippen LogP contribution in [0.15, 0.2) is 54.6 Å². The maximum atomic E-state index is 13.8. The molecule has 1 saturated heterocycles. The van der Waals surface area contributed by atoms with Gasteiger partial charge in [0.2, 0.25) is 17.7 Å². The first kappa shape index (κ1) is 38.1. The van der Waals surface area contributed by atoms with Crippen LogP contribution >= 0.6 is 11.6 Å². The van der Waals surface area contributed by atoms with Crippen molar-refractivity contribution in [1.82, 2.24) is 16.0 Å². The van der Waals surface area contributed by atoms with Gasteiger partial charge in [0, 0.05) is 36.9 Å². The molecule has 10 nitrogen and oxygen atoms in total. The summed E-state index contributed by atoms with van der Waals surface area (Å²) in [6.45, 7) is 13.6.